The van der Waals surface area contributed by atoms with Gasteiger partial charge in [0.1, 0.15) is 23.9 Å². The zero-order valence-corrected chi connectivity index (χ0v) is 17.6. The summed E-state index contributed by atoms with van der Waals surface area (Å²) in [5, 5.41) is 11.2. The minimum Gasteiger partial charge on any atom is -0.457 e. The molecule has 162 valence electrons. The number of hydrogen-bond acceptors (Lipinski definition) is 8. The van der Waals surface area contributed by atoms with Gasteiger partial charge in [0.25, 0.3) is 0 Å². The van der Waals surface area contributed by atoms with Gasteiger partial charge in [-0.3, -0.25) is 4.79 Å². The smallest absolute Gasteiger partial charge is 0.334 e. The third-order valence-electron chi connectivity index (χ3n) is 6.75. The lowest BCUT2D eigenvalue weighted by molar-refractivity contribution is -0.168. The number of rotatable bonds is 3. The zero-order valence-electron chi connectivity index (χ0n) is 17.6. The Morgan fingerprint density at radius 3 is 2.53 bits per heavy atom. The van der Waals surface area contributed by atoms with Crippen LogP contribution in [0, 0.1) is 11.8 Å². The SMILES string of the molecule is C=C1C(=O)OC2C1C(OC(C)=O)C(OC(=O)C(C)=CC)C(C)=C1C3OC3C(C)(O)C12. The number of hydrogen-bond donors (Lipinski definition) is 1. The fourth-order valence-corrected chi connectivity index (χ4v) is 5.12. The summed E-state index contributed by atoms with van der Waals surface area (Å²) < 4.78 is 22.7. The highest BCUT2D eigenvalue weighted by Crippen LogP contribution is 2.60. The van der Waals surface area contributed by atoms with Gasteiger partial charge in [0, 0.05) is 18.1 Å². The van der Waals surface area contributed by atoms with Gasteiger partial charge in [0.15, 0.2) is 12.2 Å². The molecule has 3 fully saturated rings. The van der Waals surface area contributed by atoms with E-state index in [0.717, 1.165) is 5.57 Å². The van der Waals surface area contributed by atoms with Crippen LogP contribution in [0.5, 0.6) is 0 Å². The van der Waals surface area contributed by atoms with Crippen molar-refractivity contribution in [3.63, 3.8) is 0 Å². The Kier molecular flexibility index (Phi) is 4.70. The molecule has 1 saturated carbocycles. The summed E-state index contributed by atoms with van der Waals surface area (Å²) in [5.41, 5.74) is 0.582. The summed E-state index contributed by atoms with van der Waals surface area (Å²) in [7, 11) is 0. The molecule has 8 atom stereocenters. The molecular weight excluding hydrogens is 392 g/mol. The van der Waals surface area contributed by atoms with Crippen LogP contribution in [0.2, 0.25) is 0 Å². The monoisotopic (exact) mass is 418 g/mol. The van der Waals surface area contributed by atoms with Crippen molar-refractivity contribution in [2.45, 2.75) is 70.7 Å². The second-order valence-corrected chi connectivity index (χ2v) is 8.61. The summed E-state index contributed by atoms with van der Waals surface area (Å²) >= 11 is 0. The van der Waals surface area contributed by atoms with Crippen LogP contribution in [0.25, 0.3) is 0 Å². The van der Waals surface area contributed by atoms with Crippen molar-refractivity contribution in [3.05, 3.63) is 34.9 Å². The molecule has 2 aliphatic carbocycles. The summed E-state index contributed by atoms with van der Waals surface area (Å²) in [4.78, 5) is 37.0. The molecule has 30 heavy (non-hydrogen) atoms. The van der Waals surface area contributed by atoms with Gasteiger partial charge < -0.3 is 24.1 Å². The van der Waals surface area contributed by atoms with Crippen LogP contribution >= 0.6 is 0 Å². The van der Waals surface area contributed by atoms with Crippen LogP contribution < -0.4 is 0 Å². The van der Waals surface area contributed by atoms with Crippen molar-refractivity contribution in [1.82, 2.24) is 0 Å². The molecule has 2 heterocycles. The fourth-order valence-electron chi connectivity index (χ4n) is 5.12. The topological polar surface area (TPSA) is 112 Å². The maximum Gasteiger partial charge on any atom is 0.334 e. The second kappa shape index (κ2) is 6.78. The van der Waals surface area contributed by atoms with Crippen LogP contribution in [0.1, 0.15) is 34.6 Å². The zero-order chi connectivity index (χ0) is 22.1. The fraction of sp³-hybridized carbons (Fsp3) is 0.591. The standard InChI is InChI=1S/C22H26O8/c1-7-8(2)20(24)29-15-9(3)12-14(22(6,26)19-18(12)28-19)16-13(10(4)21(25)30-16)17(15)27-11(5)23/h7,13-19,26H,4H2,1-3,5-6H3. The third-order valence-corrected chi connectivity index (χ3v) is 6.75. The normalized spacial score (nSPS) is 42.1. The molecule has 0 radical (unpaired) electrons. The molecule has 0 bridgehead atoms. The van der Waals surface area contributed by atoms with Crippen molar-refractivity contribution < 1.29 is 38.4 Å². The molecule has 0 spiro atoms. The van der Waals surface area contributed by atoms with E-state index in [4.69, 9.17) is 18.9 Å². The molecule has 0 aromatic heterocycles. The molecular formula is C22H26O8. The predicted molar refractivity (Wildman–Crippen MR) is 103 cm³/mol. The van der Waals surface area contributed by atoms with Crippen LogP contribution in [0.15, 0.2) is 34.9 Å². The number of carbonyl (C=O) groups excluding carboxylic acids is 3. The molecule has 0 aromatic carbocycles. The van der Waals surface area contributed by atoms with E-state index in [1.807, 2.05) is 0 Å². The summed E-state index contributed by atoms with van der Waals surface area (Å²) in [6.45, 7) is 11.8. The quantitative estimate of drug-likeness (QED) is 0.241. The first-order valence-electron chi connectivity index (χ1n) is 10.00. The highest BCUT2D eigenvalue weighted by molar-refractivity contribution is 5.91. The molecule has 2 saturated heterocycles. The van der Waals surface area contributed by atoms with Crippen LogP contribution in [-0.2, 0) is 33.3 Å². The van der Waals surface area contributed by atoms with Gasteiger partial charge in [-0.15, -0.1) is 0 Å². The Labute approximate surface area is 174 Å². The molecule has 4 aliphatic rings. The number of epoxide rings is 1. The lowest BCUT2D eigenvalue weighted by Gasteiger charge is -2.35. The Morgan fingerprint density at radius 1 is 1.27 bits per heavy atom. The number of allylic oxidation sites excluding steroid dienone is 1. The lowest BCUT2D eigenvalue weighted by Crippen LogP contribution is -2.48. The number of esters is 3. The van der Waals surface area contributed by atoms with Gasteiger partial charge >= 0.3 is 17.9 Å². The molecule has 0 amide bonds. The maximum atomic E-state index is 12.6. The Hall–Kier alpha value is -2.45. The number of fused-ring (bicyclic) bond motifs is 5. The van der Waals surface area contributed by atoms with Crippen molar-refractivity contribution in [1.29, 1.82) is 0 Å². The van der Waals surface area contributed by atoms with E-state index in [-0.39, 0.29) is 11.7 Å². The van der Waals surface area contributed by atoms with E-state index < -0.39 is 59.8 Å². The minimum atomic E-state index is -1.30. The van der Waals surface area contributed by atoms with Gasteiger partial charge in [-0.1, -0.05) is 12.7 Å². The van der Waals surface area contributed by atoms with Gasteiger partial charge in [0.2, 0.25) is 0 Å². The first-order chi connectivity index (χ1) is 14.0. The van der Waals surface area contributed by atoms with Crippen molar-refractivity contribution in [2.75, 3.05) is 0 Å². The van der Waals surface area contributed by atoms with Crippen LogP contribution in [0.3, 0.4) is 0 Å². The predicted octanol–water partition coefficient (Wildman–Crippen LogP) is 1.37. The van der Waals surface area contributed by atoms with E-state index in [9.17, 15) is 19.5 Å². The van der Waals surface area contributed by atoms with Crippen molar-refractivity contribution in [2.24, 2.45) is 11.8 Å². The maximum absolute atomic E-state index is 12.6. The summed E-state index contributed by atoms with van der Waals surface area (Å²) in [6.07, 6.45) is -1.98. The highest BCUT2D eigenvalue weighted by Gasteiger charge is 2.72. The van der Waals surface area contributed by atoms with E-state index in [2.05, 4.69) is 6.58 Å². The van der Waals surface area contributed by atoms with E-state index in [0.29, 0.717) is 11.1 Å². The van der Waals surface area contributed by atoms with E-state index in [1.165, 1.54) is 6.92 Å². The minimum absolute atomic E-state index is 0.126. The largest absolute Gasteiger partial charge is 0.457 e. The molecule has 1 N–H and O–H groups in total. The molecule has 0 aromatic rings. The molecule has 8 nitrogen and oxygen atoms in total. The molecule has 2 aliphatic heterocycles. The van der Waals surface area contributed by atoms with Crippen LogP contribution in [0.4, 0.5) is 0 Å². The first kappa shape index (κ1) is 20.8. The van der Waals surface area contributed by atoms with Crippen LogP contribution in [-0.4, -0.2) is 59.1 Å². The molecule has 8 heteroatoms. The van der Waals surface area contributed by atoms with E-state index >= 15 is 0 Å². The summed E-state index contributed by atoms with van der Waals surface area (Å²) in [6, 6.07) is 0. The van der Waals surface area contributed by atoms with E-state index in [1.54, 1.807) is 33.8 Å². The molecule has 8 unspecified atom stereocenters. The second-order valence-electron chi connectivity index (χ2n) is 8.61. The van der Waals surface area contributed by atoms with Crippen molar-refractivity contribution >= 4 is 17.9 Å². The highest BCUT2D eigenvalue weighted by atomic mass is 16.6. The number of ether oxygens (including phenoxy) is 4. The lowest BCUT2D eigenvalue weighted by atomic mass is 9.78. The Morgan fingerprint density at radius 2 is 1.93 bits per heavy atom. The first-order valence-corrected chi connectivity index (χ1v) is 10.00. The van der Waals surface area contributed by atoms with Crippen molar-refractivity contribution in [3.8, 4) is 0 Å². The number of carbonyl (C=O) groups is 3. The van der Waals surface area contributed by atoms with Gasteiger partial charge in [0.05, 0.1) is 11.8 Å². The Balaban J connectivity index is 1.88. The van der Waals surface area contributed by atoms with Gasteiger partial charge in [-0.25, -0.2) is 9.59 Å². The molecule has 4 rings (SSSR count). The third kappa shape index (κ3) is 2.85. The number of aliphatic hydroxyl groups is 1. The van der Waals surface area contributed by atoms with Gasteiger partial charge in [-0.2, -0.15) is 0 Å². The average molecular weight is 418 g/mol. The Bertz CT molecular complexity index is 910. The van der Waals surface area contributed by atoms with Gasteiger partial charge in [-0.05, 0) is 38.8 Å². The average Bonchev–Trinajstić information content (AvgIpc) is 3.38. The summed E-state index contributed by atoms with van der Waals surface area (Å²) in [5.74, 6) is -3.13.